The van der Waals surface area contributed by atoms with Gasteiger partial charge in [0.1, 0.15) is 0 Å². The summed E-state index contributed by atoms with van der Waals surface area (Å²) in [5.41, 5.74) is 5.71. The highest BCUT2D eigenvalue weighted by Gasteiger charge is 2.29. The van der Waals surface area contributed by atoms with E-state index in [4.69, 9.17) is 0 Å². The summed E-state index contributed by atoms with van der Waals surface area (Å²) < 4.78 is 0. The molecule has 2 atom stereocenters. The molecule has 0 saturated carbocycles. The number of carbonyl (C=O) groups is 1. The van der Waals surface area contributed by atoms with Gasteiger partial charge in [0.05, 0.1) is 23.4 Å². The Bertz CT molecular complexity index is 1040. The van der Waals surface area contributed by atoms with Gasteiger partial charge in [-0.3, -0.25) is 5.10 Å². The fourth-order valence-corrected chi connectivity index (χ4v) is 4.90. The smallest absolute Gasteiger partial charge is 0.319 e. The second kappa shape index (κ2) is 7.43. The number of amides is 2. The molecule has 1 fully saturated rings. The van der Waals surface area contributed by atoms with E-state index in [1.54, 1.807) is 6.20 Å². The van der Waals surface area contributed by atoms with Crippen LogP contribution in [0.4, 0.5) is 16.2 Å². The summed E-state index contributed by atoms with van der Waals surface area (Å²) in [6.45, 7) is 3.46. The molecule has 5 rings (SSSR count). The SMILES string of the molecule is CC1CCCCN1c1cccc2c1CCC2NC(=O)Nc1cccc2[nH]ncc12. The number of urea groups is 1. The maximum Gasteiger partial charge on any atom is 0.319 e. The van der Waals surface area contributed by atoms with E-state index in [1.165, 1.54) is 36.1 Å². The summed E-state index contributed by atoms with van der Waals surface area (Å²) in [4.78, 5) is 15.3. The van der Waals surface area contributed by atoms with Crippen molar-refractivity contribution < 1.29 is 4.79 Å². The summed E-state index contributed by atoms with van der Waals surface area (Å²) >= 11 is 0. The molecule has 2 heterocycles. The van der Waals surface area contributed by atoms with E-state index in [9.17, 15) is 4.79 Å². The van der Waals surface area contributed by atoms with Gasteiger partial charge in [-0.15, -0.1) is 0 Å². The minimum atomic E-state index is -0.173. The number of fused-ring (bicyclic) bond motifs is 2. The fourth-order valence-electron chi connectivity index (χ4n) is 4.90. The van der Waals surface area contributed by atoms with E-state index in [0.717, 1.165) is 36.0 Å². The van der Waals surface area contributed by atoms with Gasteiger partial charge in [0.25, 0.3) is 0 Å². The second-order valence-corrected chi connectivity index (χ2v) is 8.21. The van der Waals surface area contributed by atoms with Crippen LogP contribution in [0.2, 0.25) is 0 Å². The third kappa shape index (κ3) is 3.33. The molecule has 1 aliphatic heterocycles. The standard InChI is InChI=1S/C23H27N5O/c1-15-6-2-3-13-28(15)22-10-4-7-16-17(22)11-12-20(16)26-23(29)25-19-8-5-9-21-18(19)14-24-27-21/h4-5,7-10,14-15,20H,2-3,6,11-13H2,1H3,(H,24,27)(H2,25,26,29). The van der Waals surface area contributed by atoms with E-state index in [2.05, 4.69) is 50.9 Å². The lowest BCUT2D eigenvalue weighted by atomic mass is 9.99. The summed E-state index contributed by atoms with van der Waals surface area (Å²) in [6, 6.07) is 12.8. The molecule has 6 nitrogen and oxygen atoms in total. The van der Waals surface area contributed by atoms with Crippen molar-refractivity contribution in [1.29, 1.82) is 0 Å². The van der Waals surface area contributed by atoms with Gasteiger partial charge in [0.2, 0.25) is 0 Å². The summed E-state index contributed by atoms with van der Waals surface area (Å²) in [7, 11) is 0. The van der Waals surface area contributed by atoms with Gasteiger partial charge in [-0.1, -0.05) is 18.2 Å². The summed E-state index contributed by atoms with van der Waals surface area (Å²) in [6.07, 6.45) is 7.53. The van der Waals surface area contributed by atoms with E-state index >= 15 is 0 Å². The molecule has 2 unspecified atom stereocenters. The number of carbonyl (C=O) groups excluding carboxylic acids is 1. The van der Waals surface area contributed by atoms with Crippen molar-refractivity contribution in [3.05, 3.63) is 53.7 Å². The first kappa shape index (κ1) is 18.0. The Morgan fingerprint density at radius 1 is 1.17 bits per heavy atom. The fraction of sp³-hybridized carbons (Fsp3) is 0.391. The van der Waals surface area contributed by atoms with Crippen LogP contribution in [0.25, 0.3) is 10.9 Å². The van der Waals surface area contributed by atoms with Crippen molar-refractivity contribution in [3.63, 3.8) is 0 Å². The van der Waals surface area contributed by atoms with Crippen molar-refractivity contribution in [2.45, 2.75) is 51.1 Å². The molecule has 1 aliphatic carbocycles. The van der Waals surface area contributed by atoms with Gasteiger partial charge in [-0.25, -0.2) is 4.79 Å². The summed E-state index contributed by atoms with van der Waals surface area (Å²) in [5, 5.41) is 14.1. The van der Waals surface area contributed by atoms with Crippen LogP contribution in [0.15, 0.2) is 42.6 Å². The maximum atomic E-state index is 12.7. The van der Waals surface area contributed by atoms with Crippen LogP contribution in [0.5, 0.6) is 0 Å². The van der Waals surface area contributed by atoms with Gasteiger partial charge in [-0.05, 0) is 68.4 Å². The molecule has 2 amide bonds. The molecular weight excluding hydrogens is 362 g/mol. The topological polar surface area (TPSA) is 73.1 Å². The highest BCUT2D eigenvalue weighted by Crippen LogP contribution is 2.39. The van der Waals surface area contributed by atoms with Gasteiger partial charge >= 0.3 is 6.03 Å². The molecule has 150 valence electrons. The van der Waals surface area contributed by atoms with Gasteiger partial charge < -0.3 is 15.5 Å². The molecule has 6 heteroatoms. The maximum absolute atomic E-state index is 12.7. The van der Waals surface area contributed by atoms with E-state index < -0.39 is 0 Å². The molecule has 2 aliphatic rings. The Morgan fingerprint density at radius 2 is 2.07 bits per heavy atom. The predicted octanol–water partition coefficient (Wildman–Crippen LogP) is 4.75. The van der Waals surface area contributed by atoms with E-state index in [-0.39, 0.29) is 12.1 Å². The third-order valence-electron chi connectivity index (χ3n) is 6.40. The van der Waals surface area contributed by atoms with Crippen molar-refractivity contribution in [1.82, 2.24) is 15.5 Å². The van der Waals surface area contributed by atoms with Gasteiger partial charge in [0, 0.05) is 23.7 Å². The average Bonchev–Trinajstić information content (AvgIpc) is 3.36. The number of hydrogen-bond donors (Lipinski definition) is 3. The average molecular weight is 390 g/mol. The number of hydrogen-bond acceptors (Lipinski definition) is 3. The molecule has 0 bridgehead atoms. The molecule has 3 N–H and O–H groups in total. The molecule has 0 radical (unpaired) electrons. The Labute approximate surface area is 170 Å². The predicted molar refractivity (Wildman–Crippen MR) is 116 cm³/mol. The number of H-pyrrole nitrogens is 1. The van der Waals surface area contributed by atoms with E-state index in [1.807, 2.05) is 18.2 Å². The molecule has 0 spiro atoms. The minimum absolute atomic E-state index is 0.0496. The molecule has 29 heavy (non-hydrogen) atoms. The third-order valence-corrected chi connectivity index (χ3v) is 6.40. The number of anilines is 2. The Kier molecular flexibility index (Phi) is 4.62. The lowest BCUT2D eigenvalue weighted by molar-refractivity contribution is 0.248. The van der Waals surface area contributed by atoms with Crippen LogP contribution < -0.4 is 15.5 Å². The Balaban J connectivity index is 1.34. The zero-order valence-corrected chi connectivity index (χ0v) is 16.7. The number of piperidine rings is 1. The Morgan fingerprint density at radius 3 is 2.97 bits per heavy atom. The lowest BCUT2D eigenvalue weighted by Crippen LogP contribution is -2.38. The minimum Gasteiger partial charge on any atom is -0.369 e. The number of nitrogens with one attached hydrogen (secondary N) is 3. The zero-order valence-electron chi connectivity index (χ0n) is 16.7. The van der Waals surface area contributed by atoms with Crippen LogP contribution in [0, 0.1) is 0 Å². The number of rotatable bonds is 3. The number of aromatic amines is 1. The van der Waals surface area contributed by atoms with Gasteiger partial charge in [0.15, 0.2) is 0 Å². The molecule has 1 saturated heterocycles. The van der Waals surface area contributed by atoms with Crippen molar-refractivity contribution in [3.8, 4) is 0 Å². The molecular formula is C23H27N5O. The first-order valence-electron chi connectivity index (χ1n) is 10.6. The number of aromatic nitrogens is 2. The molecule has 2 aromatic carbocycles. The van der Waals surface area contributed by atoms with Crippen LogP contribution in [0.1, 0.15) is 49.8 Å². The monoisotopic (exact) mass is 389 g/mol. The van der Waals surface area contributed by atoms with Crippen molar-refractivity contribution in [2.75, 3.05) is 16.8 Å². The molecule has 1 aromatic heterocycles. The van der Waals surface area contributed by atoms with Crippen LogP contribution in [-0.2, 0) is 6.42 Å². The quantitative estimate of drug-likeness (QED) is 0.605. The van der Waals surface area contributed by atoms with Crippen molar-refractivity contribution >= 4 is 28.3 Å². The Hall–Kier alpha value is -3.02. The normalized spacial score (nSPS) is 21.2. The zero-order chi connectivity index (χ0) is 19.8. The highest BCUT2D eigenvalue weighted by atomic mass is 16.2. The van der Waals surface area contributed by atoms with Crippen LogP contribution in [-0.4, -0.2) is 28.8 Å². The largest absolute Gasteiger partial charge is 0.369 e. The first-order valence-corrected chi connectivity index (χ1v) is 10.6. The van der Waals surface area contributed by atoms with Crippen LogP contribution in [0.3, 0.4) is 0 Å². The number of benzene rings is 2. The second-order valence-electron chi connectivity index (χ2n) is 8.21. The first-order chi connectivity index (χ1) is 14.2. The van der Waals surface area contributed by atoms with E-state index in [0.29, 0.717) is 6.04 Å². The van der Waals surface area contributed by atoms with Crippen molar-refractivity contribution in [2.24, 2.45) is 0 Å². The molecule has 3 aromatic rings. The lowest BCUT2D eigenvalue weighted by Gasteiger charge is -2.36. The van der Waals surface area contributed by atoms with Crippen LogP contribution >= 0.6 is 0 Å². The number of nitrogens with zero attached hydrogens (tertiary/aromatic N) is 2. The summed E-state index contributed by atoms with van der Waals surface area (Å²) in [5.74, 6) is 0. The van der Waals surface area contributed by atoms with Gasteiger partial charge in [-0.2, -0.15) is 5.10 Å². The highest BCUT2D eigenvalue weighted by molar-refractivity contribution is 6.00.